The fourth-order valence-corrected chi connectivity index (χ4v) is 1.55. The number of hydrogen-bond donors (Lipinski definition) is 0. The van der Waals surface area contributed by atoms with Crippen molar-refractivity contribution in [3.05, 3.63) is 28.0 Å². The number of rotatable bonds is 1. The Labute approximate surface area is 74.1 Å². The maximum absolute atomic E-state index is 5.84. The molecule has 2 rings (SSSR count). The van der Waals surface area contributed by atoms with Crippen LogP contribution < -0.4 is 0 Å². The van der Waals surface area contributed by atoms with E-state index in [-0.39, 0.29) is 6.10 Å². The number of halogens is 2. The van der Waals surface area contributed by atoms with E-state index in [1.165, 1.54) is 0 Å². The van der Waals surface area contributed by atoms with Crippen LogP contribution in [0.1, 0.15) is 11.7 Å². The summed E-state index contributed by atoms with van der Waals surface area (Å²) in [6, 6.07) is 0. The zero-order valence-corrected chi connectivity index (χ0v) is 7.06. The number of nitrogens with zero attached hydrogens (tertiary/aromatic N) is 1. The van der Waals surface area contributed by atoms with Gasteiger partial charge in [0.1, 0.15) is 6.10 Å². The fraction of sp³-hybridized carbons (Fsp3) is 0.286. The molecule has 0 saturated carbocycles. The average Bonchev–Trinajstić information content (AvgIpc) is 2.70. The summed E-state index contributed by atoms with van der Waals surface area (Å²) in [7, 11) is 0. The Balaban J connectivity index is 2.48. The summed E-state index contributed by atoms with van der Waals surface area (Å²) in [5.41, 5.74) is 0.864. The van der Waals surface area contributed by atoms with Gasteiger partial charge in [-0.2, -0.15) is 0 Å². The standard InChI is InChI=1S/C7H5Cl2NO/c8-4-1-10-2-5(9)7(4)6-3-11-6/h1-2,6H,3H2/t6-/m1/s1. The zero-order valence-electron chi connectivity index (χ0n) is 5.55. The first-order valence-electron chi connectivity index (χ1n) is 3.19. The van der Waals surface area contributed by atoms with Gasteiger partial charge in [0, 0.05) is 18.0 Å². The molecule has 1 atom stereocenters. The van der Waals surface area contributed by atoms with Crippen molar-refractivity contribution in [3.63, 3.8) is 0 Å². The highest BCUT2D eigenvalue weighted by Gasteiger charge is 2.29. The molecule has 1 fully saturated rings. The first kappa shape index (κ1) is 7.35. The zero-order chi connectivity index (χ0) is 7.84. The smallest absolute Gasteiger partial charge is 0.109 e. The van der Waals surface area contributed by atoms with Crippen LogP contribution in [0.3, 0.4) is 0 Å². The molecule has 4 heteroatoms. The lowest BCUT2D eigenvalue weighted by Gasteiger charge is -2.00. The van der Waals surface area contributed by atoms with E-state index in [1.54, 1.807) is 12.4 Å². The van der Waals surface area contributed by atoms with Gasteiger partial charge < -0.3 is 4.74 Å². The number of epoxide rings is 1. The van der Waals surface area contributed by atoms with Gasteiger partial charge in [-0.1, -0.05) is 23.2 Å². The van der Waals surface area contributed by atoms with Crippen LogP contribution in [0.25, 0.3) is 0 Å². The highest BCUT2D eigenvalue weighted by Crippen LogP contribution is 2.38. The Morgan fingerprint density at radius 1 is 1.36 bits per heavy atom. The number of ether oxygens (including phenoxy) is 1. The van der Waals surface area contributed by atoms with Gasteiger partial charge in [-0.05, 0) is 0 Å². The summed E-state index contributed by atoms with van der Waals surface area (Å²) in [5, 5.41) is 1.17. The lowest BCUT2D eigenvalue weighted by Crippen LogP contribution is -1.85. The lowest BCUT2D eigenvalue weighted by atomic mass is 10.2. The molecular formula is C7H5Cl2NO. The fourth-order valence-electron chi connectivity index (χ4n) is 0.944. The molecule has 0 unspecified atom stereocenters. The normalized spacial score (nSPS) is 21.8. The Morgan fingerprint density at radius 3 is 2.36 bits per heavy atom. The van der Waals surface area contributed by atoms with Gasteiger partial charge in [0.15, 0.2) is 0 Å². The Hall–Kier alpha value is -0.310. The molecule has 1 aliphatic rings. The molecule has 0 aromatic carbocycles. The van der Waals surface area contributed by atoms with Gasteiger partial charge >= 0.3 is 0 Å². The third kappa shape index (κ3) is 1.34. The highest BCUT2D eigenvalue weighted by atomic mass is 35.5. The van der Waals surface area contributed by atoms with Crippen molar-refractivity contribution in [1.29, 1.82) is 0 Å². The molecule has 2 nitrogen and oxygen atoms in total. The van der Waals surface area contributed by atoms with Crippen molar-refractivity contribution in [3.8, 4) is 0 Å². The van der Waals surface area contributed by atoms with E-state index in [0.717, 1.165) is 5.56 Å². The van der Waals surface area contributed by atoms with Gasteiger partial charge in [-0.15, -0.1) is 0 Å². The monoisotopic (exact) mass is 189 g/mol. The van der Waals surface area contributed by atoms with E-state index in [0.29, 0.717) is 16.7 Å². The van der Waals surface area contributed by atoms with Crippen LogP contribution in [0.5, 0.6) is 0 Å². The summed E-state index contributed by atoms with van der Waals surface area (Å²) in [6.45, 7) is 0.712. The second kappa shape index (κ2) is 2.63. The second-order valence-corrected chi connectivity index (χ2v) is 3.15. The number of aromatic nitrogens is 1. The van der Waals surface area contributed by atoms with Crippen LogP contribution in [0.15, 0.2) is 12.4 Å². The predicted octanol–water partition coefficient (Wildman–Crippen LogP) is 2.46. The third-order valence-corrected chi connectivity index (χ3v) is 2.15. The van der Waals surface area contributed by atoms with E-state index >= 15 is 0 Å². The maximum Gasteiger partial charge on any atom is 0.109 e. The first-order valence-corrected chi connectivity index (χ1v) is 3.95. The molecule has 0 bridgehead atoms. The molecule has 0 N–H and O–H groups in total. The van der Waals surface area contributed by atoms with Crippen molar-refractivity contribution in [1.82, 2.24) is 4.98 Å². The molecule has 1 saturated heterocycles. The van der Waals surface area contributed by atoms with Crippen LogP contribution >= 0.6 is 23.2 Å². The van der Waals surface area contributed by atoms with Crippen LogP contribution in [0.2, 0.25) is 10.0 Å². The van der Waals surface area contributed by atoms with Gasteiger partial charge in [-0.25, -0.2) is 0 Å². The molecular weight excluding hydrogens is 185 g/mol. The Bertz CT molecular complexity index is 266. The van der Waals surface area contributed by atoms with Crippen molar-refractivity contribution in [2.45, 2.75) is 6.10 Å². The largest absolute Gasteiger partial charge is 0.368 e. The topological polar surface area (TPSA) is 25.4 Å². The SMILES string of the molecule is Clc1cncc(Cl)c1[C@H]1CO1. The highest BCUT2D eigenvalue weighted by molar-refractivity contribution is 6.35. The van der Waals surface area contributed by atoms with Crippen molar-refractivity contribution < 1.29 is 4.74 Å². The summed E-state index contributed by atoms with van der Waals surface area (Å²) in [5.74, 6) is 0. The molecule has 0 amide bonds. The maximum atomic E-state index is 5.84. The average molecular weight is 190 g/mol. The van der Waals surface area contributed by atoms with Crippen molar-refractivity contribution in [2.24, 2.45) is 0 Å². The molecule has 11 heavy (non-hydrogen) atoms. The van der Waals surface area contributed by atoms with E-state index in [4.69, 9.17) is 27.9 Å². The molecule has 1 aliphatic heterocycles. The summed E-state index contributed by atoms with van der Waals surface area (Å²) >= 11 is 11.7. The van der Waals surface area contributed by atoms with Crippen LogP contribution in [0, 0.1) is 0 Å². The number of pyridine rings is 1. The Morgan fingerprint density at radius 2 is 1.91 bits per heavy atom. The van der Waals surface area contributed by atoms with Crippen LogP contribution in [-0.2, 0) is 4.74 Å². The first-order chi connectivity index (χ1) is 5.29. The van der Waals surface area contributed by atoms with Gasteiger partial charge in [0.05, 0.1) is 16.7 Å². The molecule has 1 aromatic rings. The Kier molecular flexibility index (Phi) is 1.75. The van der Waals surface area contributed by atoms with Crippen LogP contribution in [-0.4, -0.2) is 11.6 Å². The minimum atomic E-state index is 0.0954. The summed E-state index contributed by atoms with van der Waals surface area (Å²) in [4.78, 5) is 3.84. The van der Waals surface area contributed by atoms with Gasteiger partial charge in [-0.3, -0.25) is 4.98 Å². The van der Waals surface area contributed by atoms with Crippen LogP contribution in [0.4, 0.5) is 0 Å². The van der Waals surface area contributed by atoms with Gasteiger partial charge in [0.25, 0.3) is 0 Å². The van der Waals surface area contributed by atoms with E-state index in [1.807, 2.05) is 0 Å². The molecule has 58 valence electrons. The third-order valence-electron chi connectivity index (χ3n) is 1.55. The molecule has 0 spiro atoms. The molecule has 0 radical (unpaired) electrons. The molecule has 2 heterocycles. The van der Waals surface area contributed by atoms with Crippen molar-refractivity contribution in [2.75, 3.05) is 6.61 Å². The quantitative estimate of drug-likeness (QED) is 0.635. The predicted molar refractivity (Wildman–Crippen MR) is 43.0 cm³/mol. The summed E-state index contributed by atoms with van der Waals surface area (Å²) in [6.07, 6.45) is 3.24. The summed E-state index contributed by atoms with van der Waals surface area (Å²) < 4.78 is 5.06. The van der Waals surface area contributed by atoms with E-state index in [2.05, 4.69) is 4.98 Å². The number of hydrogen-bond acceptors (Lipinski definition) is 2. The lowest BCUT2D eigenvalue weighted by molar-refractivity contribution is 0.415. The molecule has 0 aliphatic carbocycles. The van der Waals surface area contributed by atoms with E-state index in [9.17, 15) is 0 Å². The van der Waals surface area contributed by atoms with Crippen molar-refractivity contribution >= 4 is 23.2 Å². The van der Waals surface area contributed by atoms with Gasteiger partial charge in [0.2, 0.25) is 0 Å². The van der Waals surface area contributed by atoms with E-state index < -0.39 is 0 Å². The molecule has 1 aromatic heterocycles. The minimum absolute atomic E-state index is 0.0954. The second-order valence-electron chi connectivity index (χ2n) is 2.34. The minimum Gasteiger partial charge on any atom is -0.368 e.